The molecule has 1 unspecified atom stereocenters. The van der Waals surface area contributed by atoms with Gasteiger partial charge in [0.25, 0.3) is 10.1 Å². The fraction of sp³-hybridized carbons (Fsp3) is 0.194. The molecule has 0 bridgehead atoms. The van der Waals surface area contributed by atoms with Crippen molar-refractivity contribution in [2.24, 2.45) is 0 Å². The highest BCUT2D eigenvalue weighted by Gasteiger charge is 2.31. The Hall–Kier alpha value is -4.21. The number of benzene rings is 3. The van der Waals surface area contributed by atoms with Crippen LogP contribution in [-0.2, 0) is 31.3 Å². The molecular formula is C31H29Cl2N5O7S2. The molecule has 2 heterocycles. The lowest BCUT2D eigenvalue weighted by Crippen LogP contribution is -2.43. The van der Waals surface area contributed by atoms with Crippen LogP contribution in [0.15, 0.2) is 84.1 Å². The summed E-state index contributed by atoms with van der Waals surface area (Å²) in [5, 5.41) is 2.66. The maximum atomic E-state index is 13.6. The number of fused-ring (bicyclic) bond motifs is 1. The molecule has 2 aromatic heterocycles. The summed E-state index contributed by atoms with van der Waals surface area (Å²) >= 11 is 12.6. The number of hydrogen-bond donors (Lipinski definition) is 2. The van der Waals surface area contributed by atoms with Crippen LogP contribution >= 0.6 is 23.2 Å². The summed E-state index contributed by atoms with van der Waals surface area (Å²) in [5.41, 5.74) is 1.99. The molecule has 246 valence electrons. The Morgan fingerprint density at radius 3 is 2.47 bits per heavy atom. The Morgan fingerprint density at radius 2 is 1.79 bits per heavy atom. The second-order valence-corrected chi connectivity index (χ2v) is 15.2. The van der Waals surface area contributed by atoms with E-state index in [0.717, 1.165) is 6.26 Å². The molecule has 12 nitrogen and oxygen atoms in total. The van der Waals surface area contributed by atoms with Gasteiger partial charge < -0.3 is 19.5 Å². The summed E-state index contributed by atoms with van der Waals surface area (Å²) in [6.07, 6.45) is 4.08. The highest BCUT2D eigenvalue weighted by atomic mass is 35.5. The molecule has 1 amide bonds. The van der Waals surface area contributed by atoms with E-state index < -0.39 is 36.0 Å². The molecule has 0 saturated heterocycles. The van der Waals surface area contributed by atoms with E-state index in [9.17, 15) is 26.2 Å². The van der Waals surface area contributed by atoms with Crippen molar-refractivity contribution in [1.82, 2.24) is 14.5 Å². The molecule has 3 aromatic carbocycles. The summed E-state index contributed by atoms with van der Waals surface area (Å²) in [4.78, 5) is 23.1. The van der Waals surface area contributed by atoms with Gasteiger partial charge in [-0.05, 0) is 74.0 Å². The van der Waals surface area contributed by atoms with Crippen LogP contribution < -0.4 is 15.0 Å². The number of anilines is 3. The first-order valence-electron chi connectivity index (χ1n) is 14.0. The van der Waals surface area contributed by atoms with Gasteiger partial charge in [0.2, 0.25) is 5.91 Å². The minimum absolute atomic E-state index is 0.0616. The highest BCUT2D eigenvalue weighted by molar-refractivity contribution is 7.92. The van der Waals surface area contributed by atoms with Crippen LogP contribution in [0.4, 0.5) is 17.2 Å². The van der Waals surface area contributed by atoms with Crippen molar-refractivity contribution < 1.29 is 30.9 Å². The molecule has 0 aliphatic carbocycles. The first-order valence-corrected chi connectivity index (χ1v) is 18.2. The van der Waals surface area contributed by atoms with Crippen LogP contribution in [0.3, 0.4) is 0 Å². The fourth-order valence-electron chi connectivity index (χ4n) is 4.90. The first kappa shape index (κ1) is 34.1. The molecule has 0 saturated carbocycles. The molecule has 5 rings (SSSR count). The maximum absolute atomic E-state index is 13.6. The normalized spacial score (nSPS) is 12.6. The number of sulfone groups is 1. The lowest BCUT2D eigenvalue weighted by Gasteiger charge is -2.28. The second-order valence-electron chi connectivity index (χ2n) is 10.6. The van der Waals surface area contributed by atoms with E-state index in [-0.39, 0.29) is 24.3 Å². The van der Waals surface area contributed by atoms with E-state index in [1.807, 2.05) is 0 Å². The van der Waals surface area contributed by atoms with E-state index in [2.05, 4.69) is 15.3 Å². The van der Waals surface area contributed by atoms with Crippen molar-refractivity contribution in [3.05, 3.63) is 94.9 Å². The van der Waals surface area contributed by atoms with E-state index in [0.29, 0.717) is 44.1 Å². The molecule has 16 heteroatoms. The number of ether oxygens (including phenoxy) is 1. The monoisotopic (exact) mass is 717 g/mol. The Morgan fingerprint density at radius 1 is 1.04 bits per heavy atom. The van der Waals surface area contributed by atoms with E-state index >= 15 is 0 Å². The van der Waals surface area contributed by atoms with Gasteiger partial charge >= 0.3 is 0 Å². The zero-order chi connectivity index (χ0) is 34.1. The van der Waals surface area contributed by atoms with E-state index in [1.165, 1.54) is 43.3 Å². The van der Waals surface area contributed by atoms with Crippen LogP contribution in [0.25, 0.3) is 11.0 Å². The zero-order valence-corrected chi connectivity index (χ0v) is 28.4. The summed E-state index contributed by atoms with van der Waals surface area (Å²) in [6, 6.07) is 17.8. The number of nitrogens with one attached hydrogen (secondary N) is 1. The number of amides is 1. The van der Waals surface area contributed by atoms with E-state index in [1.54, 1.807) is 59.3 Å². The van der Waals surface area contributed by atoms with Crippen LogP contribution in [0.2, 0.25) is 10.0 Å². The van der Waals surface area contributed by atoms with Gasteiger partial charge in [-0.1, -0.05) is 35.3 Å². The first-order chi connectivity index (χ1) is 22.1. The van der Waals surface area contributed by atoms with Gasteiger partial charge in [-0.3, -0.25) is 9.35 Å². The van der Waals surface area contributed by atoms with Crippen molar-refractivity contribution in [1.29, 1.82) is 0 Å². The van der Waals surface area contributed by atoms with Crippen molar-refractivity contribution in [2.75, 3.05) is 23.0 Å². The van der Waals surface area contributed by atoms with Crippen molar-refractivity contribution in [2.45, 2.75) is 30.5 Å². The summed E-state index contributed by atoms with van der Waals surface area (Å²) < 4.78 is 66.1. The number of nitrogens with zero attached hydrogens (tertiary/aromatic N) is 4. The SMILES string of the molecule is Cc1c(N(CCn2ccc3ncnc(Nc4ccc(Oc5cccc(Cl)c5)c(Cl)c4)c32)C(=O)C(C)S(C)(=O)=O)cccc1S(=O)(=O)O. The number of aromatic nitrogens is 3. The standard InChI is InChI=1S/C31H29Cl2N5O7S2/c1-19-26(8-5-9-28(19)47(42,43)44)38(31(39)20(2)46(3,40)41)15-14-37-13-12-25-29(37)30(35-18-34-25)36-22-10-11-27(24(33)17-22)45-23-7-4-6-21(32)16-23/h4-13,16-18,20H,14-15H2,1-3H3,(H,34,35,36)(H,42,43,44). The molecule has 0 aliphatic heterocycles. The zero-order valence-electron chi connectivity index (χ0n) is 25.3. The van der Waals surface area contributed by atoms with Crippen LogP contribution in [0.1, 0.15) is 12.5 Å². The molecule has 0 spiro atoms. The molecule has 2 N–H and O–H groups in total. The molecule has 1 atom stereocenters. The van der Waals surface area contributed by atoms with Crippen molar-refractivity contribution in [3.8, 4) is 11.5 Å². The number of halogens is 2. The average Bonchev–Trinajstić information content (AvgIpc) is 3.42. The van der Waals surface area contributed by atoms with Gasteiger partial charge in [0.05, 0.1) is 15.4 Å². The molecular weight excluding hydrogens is 689 g/mol. The third-order valence-corrected chi connectivity index (χ3v) is 10.4. The Balaban J connectivity index is 1.45. The molecule has 47 heavy (non-hydrogen) atoms. The lowest BCUT2D eigenvalue weighted by atomic mass is 10.1. The quantitative estimate of drug-likeness (QED) is 0.149. The molecule has 0 fully saturated rings. The van der Waals surface area contributed by atoms with Crippen LogP contribution in [-0.4, -0.2) is 59.9 Å². The van der Waals surface area contributed by atoms with Gasteiger partial charge in [-0.25, -0.2) is 18.4 Å². The molecule has 0 aliphatic rings. The Kier molecular flexibility index (Phi) is 9.80. The van der Waals surface area contributed by atoms with Crippen LogP contribution in [0, 0.1) is 6.92 Å². The number of hydrogen-bond acceptors (Lipinski definition) is 9. The summed E-state index contributed by atoms with van der Waals surface area (Å²) in [6.45, 7) is 2.77. The third kappa shape index (κ3) is 7.68. The highest BCUT2D eigenvalue weighted by Crippen LogP contribution is 2.34. The van der Waals surface area contributed by atoms with E-state index in [4.69, 9.17) is 27.9 Å². The largest absolute Gasteiger partial charge is 0.456 e. The Labute approximate surface area is 281 Å². The number of rotatable bonds is 11. The minimum atomic E-state index is -4.62. The number of carbonyl (C=O) groups is 1. The second kappa shape index (κ2) is 13.5. The lowest BCUT2D eigenvalue weighted by molar-refractivity contribution is -0.118. The molecule has 5 aromatic rings. The summed E-state index contributed by atoms with van der Waals surface area (Å²) in [5.74, 6) is 0.598. The fourth-order valence-corrected chi connectivity index (χ4v) is 6.54. The molecule has 0 radical (unpaired) electrons. The predicted octanol–water partition coefficient (Wildman–Crippen LogP) is 6.30. The van der Waals surface area contributed by atoms with Gasteiger partial charge in [-0.2, -0.15) is 8.42 Å². The van der Waals surface area contributed by atoms with Crippen molar-refractivity contribution >= 4 is 77.3 Å². The predicted molar refractivity (Wildman–Crippen MR) is 181 cm³/mol. The van der Waals surface area contributed by atoms with Gasteiger partial charge in [0, 0.05) is 41.9 Å². The van der Waals surface area contributed by atoms with Crippen LogP contribution in [0.5, 0.6) is 11.5 Å². The maximum Gasteiger partial charge on any atom is 0.294 e. The van der Waals surface area contributed by atoms with Gasteiger partial charge in [-0.15, -0.1) is 0 Å². The Bertz CT molecular complexity index is 2210. The van der Waals surface area contributed by atoms with Gasteiger partial charge in [0.15, 0.2) is 15.7 Å². The van der Waals surface area contributed by atoms with Gasteiger partial charge in [0.1, 0.15) is 28.6 Å². The third-order valence-electron chi connectivity index (χ3n) is 7.41. The van der Waals surface area contributed by atoms with Crippen molar-refractivity contribution in [3.63, 3.8) is 0 Å². The average molecular weight is 719 g/mol. The number of carbonyl (C=O) groups excluding carboxylic acids is 1. The smallest absolute Gasteiger partial charge is 0.294 e. The topological polar surface area (TPSA) is 161 Å². The minimum Gasteiger partial charge on any atom is -0.456 e. The summed E-state index contributed by atoms with van der Waals surface area (Å²) in [7, 11) is -8.42.